The molecule has 0 aromatic heterocycles. The predicted octanol–water partition coefficient (Wildman–Crippen LogP) is 7.03. The van der Waals surface area contributed by atoms with E-state index in [0.29, 0.717) is 0 Å². The second-order valence-electron chi connectivity index (χ2n) is 7.47. The molecule has 3 fully saturated rings. The van der Waals surface area contributed by atoms with Crippen LogP contribution in [-0.4, -0.2) is 15.9 Å². The smallest absolute Gasteiger partial charge is 0.0646 e. The van der Waals surface area contributed by atoms with E-state index < -0.39 is 0 Å². The van der Waals surface area contributed by atoms with Crippen LogP contribution in [0.2, 0.25) is 0 Å². The van der Waals surface area contributed by atoms with E-state index in [0.717, 1.165) is 11.3 Å². The van der Waals surface area contributed by atoms with E-state index in [1.165, 1.54) is 96.3 Å². The summed E-state index contributed by atoms with van der Waals surface area (Å²) in [7, 11) is 0.0682. The minimum Gasteiger partial charge on any atom is -0.114 e. The standard InChI is InChI=1S/C18H32ClP.Au/c19-18(14-8-3-9-15-18)20(16-10-4-1-5-11-16)17-12-6-2-7-13-17;/h16-17H,1-15H2;. The van der Waals surface area contributed by atoms with Crippen molar-refractivity contribution in [1.29, 1.82) is 0 Å². The third-order valence-electron chi connectivity index (χ3n) is 6.02. The fourth-order valence-corrected chi connectivity index (χ4v) is 10.7. The zero-order chi connectivity index (χ0) is 13.8. The number of alkyl halides is 1. The minimum absolute atomic E-state index is 0. The molecule has 127 valence electrons. The van der Waals surface area contributed by atoms with Gasteiger partial charge in [-0.25, -0.2) is 0 Å². The average Bonchev–Trinajstić information content (AvgIpc) is 2.50. The van der Waals surface area contributed by atoms with Gasteiger partial charge in [-0.3, -0.25) is 0 Å². The summed E-state index contributed by atoms with van der Waals surface area (Å²) < 4.78 is 0.248. The van der Waals surface area contributed by atoms with Crippen molar-refractivity contribution in [3.8, 4) is 0 Å². The summed E-state index contributed by atoms with van der Waals surface area (Å²) in [5, 5.41) is 0. The summed E-state index contributed by atoms with van der Waals surface area (Å²) >= 11 is 7.34. The van der Waals surface area contributed by atoms with Crippen molar-refractivity contribution in [3.63, 3.8) is 0 Å². The third kappa shape index (κ3) is 4.73. The van der Waals surface area contributed by atoms with Crippen LogP contribution >= 0.6 is 19.5 Å². The first-order valence-corrected chi connectivity index (χ1v) is 11.1. The summed E-state index contributed by atoms with van der Waals surface area (Å²) in [5.74, 6) is 0. The molecule has 0 atom stereocenters. The second-order valence-corrected chi connectivity index (χ2v) is 11.6. The molecular weight excluding hydrogens is 480 g/mol. The zero-order valence-electron chi connectivity index (χ0n) is 13.4. The van der Waals surface area contributed by atoms with E-state index in [1.807, 2.05) is 0 Å². The van der Waals surface area contributed by atoms with Crippen molar-refractivity contribution in [2.75, 3.05) is 0 Å². The average molecular weight is 512 g/mol. The van der Waals surface area contributed by atoms with E-state index in [-0.39, 0.29) is 34.9 Å². The van der Waals surface area contributed by atoms with E-state index >= 15 is 0 Å². The Bertz CT molecular complexity index is 274. The van der Waals surface area contributed by atoms with E-state index in [9.17, 15) is 0 Å². The Kier molecular flexibility index (Phi) is 8.12. The van der Waals surface area contributed by atoms with Crippen molar-refractivity contribution in [3.05, 3.63) is 0 Å². The van der Waals surface area contributed by atoms with Gasteiger partial charge in [0.05, 0.1) is 4.62 Å². The SMILES string of the molecule is ClC1(P(C2CCCCC2)C2CCCCC2)CCCCC1.[Au]. The van der Waals surface area contributed by atoms with Gasteiger partial charge in [-0.15, -0.1) is 11.6 Å². The Hall–Kier alpha value is 1.46. The number of hydrogen-bond acceptors (Lipinski definition) is 0. The van der Waals surface area contributed by atoms with Crippen LogP contribution in [0.15, 0.2) is 0 Å². The van der Waals surface area contributed by atoms with Gasteiger partial charge in [-0.05, 0) is 49.8 Å². The first kappa shape index (κ1) is 18.8. The maximum absolute atomic E-state index is 7.34. The second kappa shape index (κ2) is 9.08. The van der Waals surface area contributed by atoms with E-state index in [4.69, 9.17) is 11.6 Å². The van der Waals surface area contributed by atoms with Crippen LogP contribution in [0, 0.1) is 0 Å². The Morgan fingerprint density at radius 2 is 1.00 bits per heavy atom. The van der Waals surface area contributed by atoms with Crippen molar-refractivity contribution in [2.45, 2.75) is 112 Å². The summed E-state index contributed by atoms with van der Waals surface area (Å²) in [4.78, 5) is 0. The largest absolute Gasteiger partial charge is 0.114 e. The number of halogens is 1. The molecule has 3 saturated carbocycles. The van der Waals surface area contributed by atoms with Crippen LogP contribution in [0.5, 0.6) is 0 Å². The van der Waals surface area contributed by atoms with Crippen molar-refractivity contribution >= 4 is 19.5 Å². The van der Waals surface area contributed by atoms with Gasteiger partial charge in [0.15, 0.2) is 0 Å². The Balaban J connectivity index is 0.00000161. The molecule has 0 unspecified atom stereocenters. The van der Waals surface area contributed by atoms with Gasteiger partial charge in [0.2, 0.25) is 0 Å². The van der Waals surface area contributed by atoms with Gasteiger partial charge in [0.1, 0.15) is 0 Å². The summed E-state index contributed by atoms with van der Waals surface area (Å²) in [5.41, 5.74) is 2.05. The van der Waals surface area contributed by atoms with Gasteiger partial charge in [-0.2, -0.15) is 0 Å². The minimum atomic E-state index is 0. The van der Waals surface area contributed by atoms with Crippen LogP contribution in [0.25, 0.3) is 0 Å². The maximum Gasteiger partial charge on any atom is 0.0646 e. The number of hydrogen-bond donors (Lipinski definition) is 0. The molecule has 3 aliphatic carbocycles. The van der Waals surface area contributed by atoms with Crippen molar-refractivity contribution < 1.29 is 22.4 Å². The van der Waals surface area contributed by atoms with Crippen LogP contribution in [0.4, 0.5) is 0 Å². The Labute approximate surface area is 153 Å². The summed E-state index contributed by atoms with van der Waals surface area (Å²) in [6.07, 6.45) is 21.9. The van der Waals surface area contributed by atoms with Gasteiger partial charge in [0.25, 0.3) is 0 Å². The van der Waals surface area contributed by atoms with E-state index in [1.54, 1.807) is 0 Å². The van der Waals surface area contributed by atoms with Crippen LogP contribution in [0.1, 0.15) is 96.3 Å². The normalized spacial score (nSPS) is 28.3. The Morgan fingerprint density at radius 1 is 0.619 bits per heavy atom. The molecule has 3 aliphatic rings. The quantitative estimate of drug-likeness (QED) is 0.217. The first-order valence-electron chi connectivity index (χ1n) is 9.27. The third-order valence-corrected chi connectivity index (χ3v) is 11.0. The molecule has 0 heterocycles. The molecule has 3 rings (SSSR count). The summed E-state index contributed by atoms with van der Waals surface area (Å²) in [6, 6.07) is 0. The van der Waals surface area contributed by atoms with Crippen LogP contribution < -0.4 is 0 Å². The van der Waals surface area contributed by atoms with Gasteiger partial charge < -0.3 is 0 Å². The molecule has 0 amide bonds. The zero-order valence-corrected chi connectivity index (χ0v) is 17.2. The molecule has 3 heteroatoms. The molecule has 0 aromatic carbocycles. The van der Waals surface area contributed by atoms with Crippen LogP contribution in [0.3, 0.4) is 0 Å². The van der Waals surface area contributed by atoms with Crippen molar-refractivity contribution in [1.82, 2.24) is 0 Å². The topological polar surface area (TPSA) is 0 Å². The predicted molar refractivity (Wildman–Crippen MR) is 92.3 cm³/mol. The Morgan fingerprint density at radius 3 is 1.43 bits per heavy atom. The molecule has 0 spiro atoms. The van der Waals surface area contributed by atoms with E-state index in [2.05, 4.69) is 0 Å². The summed E-state index contributed by atoms with van der Waals surface area (Å²) in [6.45, 7) is 0. The monoisotopic (exact) mass is 511 g/mol. The molecule has 0 bridgehead atoms. The van der Waals surface area contributed by atoms with Gasteiger partial charge in [0, 0.05) is 22.4 Å². The van der Waals surface area contributed by atoms with Gasteiger partial charge >= 0.3 is 0 Å². The molecule has 1 radical (unpaired) electrons. The molecule has 0 nitrogen and oxygen atoms in total. The van der Waals surface area contributed by atoms with Gasteiger partial charge in [-0.1, -0.05) is 65.7 Å². The molecule has 21 heavy (non-hydrogen) atoms. The van der Waals surface area contributed by atoms with Crippen molar-refractivity contribution in [2.24, 2.45) is 0 Å². The molecule has 0 saturated heterocycles. The molecule has 0 aliphatic heterocycles. The molecular formula is C18H32AuClP. The molecule has 0 aromatic rings. The fourth-order valence-electron chi connectivity index (χ4n) is 5.02. The maximum atomic E-state index is 7.34. The fraction of sp³-hybridized carbons (Fsp3) is 1.00. The molecule has 0 N–H and O–H groups in total. The number of rotatable bonds is 3. The first-order chi connectivity index (χ1) is 9.80. The van der Waals surface area contributed by atoms with Crippen LogP contribution in [-0.2, 0) is 22.4 Å².